The van der Waals surface area contributed by atoms with Crippen LogP contribution in [0.2, 0.25) is 0 Å². The van der Waals surface area contributed by atoms with Crippen molar-refractivity contribution in [2.24, 2.45) is 10.7 Å². The van der Waals surface area contributed by atoms with Gasteiger partial charge >= 0.3 is 0 Å². The maximum atomic E-state index is 5.48. The topological polar surface area (TPSA) is 41.6 Å². The monoisotopic (exact) mass is 171 g/mol. The molecule has 0 heterocycles. The first-order chi connectivity index (χ1) is 5.60. The van der Waals surface area contributed by atoms with Gasteiger partial charge in [-0.2, -0.15) is 0 Å². The number of amidine groups is 1. The van der Waals surface area contributed by atoms with E-state index in [4.69, 9.17) is 5.73 Å². The van der Waals surface area contributed by atoms with E-state index in [1.807, 2.05) is 6.92 Å². The highest BCUT2D eigenvalue weighted by Crippen LogP contribution is 1.95. The highest BCUT2D eigenvalue weighted by molar-refractivity contribution is 5.77. The summed E-state index contributed by atoms with van der Waals surface area (Å²) in [4.78, 5) is 6.61. The van der Waals surface area contributed by atoms with E-state index >= 15 is 0 Å². The van der Waals surface area contributed by atoms with Crippen LogP contribution in [-0.4, -0.2) is 36.4 Å². The number of rotatable bonds is 5. The number of aliphatic imine (C=N–C) groups is 1. The molecule has 0 spiro atoms. The summed E-state index contributed by atoms with van der Waals surface area (Å²) < 4.78 is 0. The van der Waals surface area contributed by atoms with Gasteiger partial charge in [-0.3, -0.25) is 4.99 Å². The van der Waals surface area contributed by atoms with Gasteiger partial charge in [0.2, 0.25) is 0 Å². The van der Waals surface area contributed by atoms with E-state index in [0.717, 1.165) is 19.6 Å². The van der Waals surface area contributed by atoms with Gasteiger partial charge in [-0.15, -0.1) is 0 Å². The molecule has 0 saturated heterocycles. The molecule has 0 rings (SSSR count). The van der Waals surface area contributed by atoms with Crippen molar-refractivity contribution in [3.8, 4) is 0 Å². The molecule has 0 amide bonds. The lowest BCUT2D eigenvalue weighted by Crippen LogP contribution is -2.30. The van der Waals surface area contributed by atoms with E-state index in [0.29, 0.717) is 11.9 Å². The van der Waals surface area contributed by atoms with E-state index < -0.39 is 0 Å². The lowest BCUT2D eigenvalue weighted by Gasteiger charge is -2.20. The lowest BCUT2D eigenvalue weighted by atomic mass is 10.3. The normalized spacial score (nSPS) is 15.2. The summed E-state index contributed by atoms with van der Waals surface area (Å²) in [5.41, 5.74) is 5.48. The van der Waals surface area contributed by atoms with Crippen LogP contribution in [0.1, 0.15) is 27.7 Å². The summed E-state index contributed by atoms with van der Waals surface area (Å²) in [5, 5.41) is 0. The Balaban J connectivity index is 3.81. The molecule has 72 valence electrons. The lowest BCUT2D eigenvalue weighted by molar-refractivity contribution is 0.289. The number of nitrogens with zero attached hydrogens (tertiary/aromatic N) is 2. The van der Waals surface area contributed by atoms with Crippen LogP contribution in [0, 0.1) is 0 Å². The van der Waals surface area contributed by atoms with Crippen LogP contribution in [0.4, 0.5) is 0 Å². The molecular weight excluding hydrogens is 150 g/mol. The summed E-state index contributed by atoms with van der Waals surface area (Å²) in [6.45, 7) is 11.4. The maximum Gasteiger partial charge on any atom is 0.0909 e. The molecule has 0 aromatic heterocycles. The van der Waals surface area contributed by atoms with Crippen LogP contribution in [0.15, 0.2) is 4.99 Å². The largest absolute Gasteiger partial charge is 0.388 e. The van der Waals surface area contributed by atoms with Crippen LogP contribution in [0.3, 0.4) is 0 Å². The SMILES string of the molecule is CCN(CC)CC(C)N=C(C)N. The fourth-order valence-electron chi connectivity index (χ4n) is 1.24. The van der Waals surface area contributed by atoms with Crippen molar-refractivity contribution >= 4 is 5.84 Å². The predicted molar refractivity (Wildman–Crippen MR) is 54.5 cm³/mol. The molecule has 3 heteroatoms. The third-order valence-electron chi connectivity index (χ3n) is 1.84. The van der Waals surface area contributed by atoms with Crippen molar-refractivity contribution in [1.29, 1.82) is 0 Å². The van der Waals surface area contributed by atoms with Gasteiger partial charge in [0.05, 0.1) is 11.9 Å². The average Bonchev–Trinajstić information content (AvgIpc) is 1.98. The van der Waals surface area contributed by atoms with Gasteiger partial charge in [-0.25, -0.2) is 0 Å². The van der Waals surface area contributed by atoms with Crippen LogP contribution in [0.25, 0.3) is 0 Å². The molecule has 0 aromatic rings. The Morgan fingerprint density at radius 1 is 1.42 bits per heavy atom. The van der Waals surface area contributed by atoms with E-state index in [1.54, 1.807) is 0 Å². The Labute approximate surface area is 75.7 Å². The van der Waals surface area contributed by atoms with E-state index in [9.17, 15) is 0 Å². The molecule has 0 radical (unpaired) electrons. The molecule has 0 aromatic carbocycles. The van der Waals surface area contributed by atoms with E-state index in [1.165, 1.54) is 0 Å². The summed E-state index contributed by atoms with van der Waals surface area (Å²) >= 11 is 0. The van der Waals surface area contributed by atoms with Crippen molar-refractivity contribution in [3.63, 3.8) is 0 Å². The van der Waals surface area contributed by atoms with Crippen LogP contribution >= 0.6 is 0 Å². The zero-order valence-corrected chi connectivity index (χ0v) is 8.67. The van der Waals surface area contributed by atoms with Gasteiger partial charge in [0.15, 0.2) is 0 Å². The molecule has 0 aliphatic carbocycles. The summed E-state index contributed by atoms with van der Waals surface area (Å²) in [5.74, 6) is 0.676. The summed E-state index contributed by atoms with van der Waals surface area (Å²) in [6.07, 6.45) is 0. The third kappa shape index (κ3) is 5.13. The molecule has 0 bridgehead atoms. The Morgan fingerprint density at radius 2 is 1.92 bits per heavy atom. The van der Waals surface area contributed by atoms with Gasteiger partial charge in [-0.05, 0) is 26.9 Å². The first-order valence-corrected chi connectivity index (χ1v) is 4.62. The van der Waals surface area contributed by atoms with Crippen molar-refractivity contribution < 1.29 is 0 Å². The zero-order chi connectivity index (χ0) is 9.56. The molecule has 3 nitrogen and oxygen atoms in total. The standard InChI is InChI=1S/C9H21N3/c1-5-12(6-2)7-8(3)11-9(4)10/h8H,5-7H2,1-4H3,(H2,10,11). The second-order valence-corrected chi connectivity index (χ2v) is 3.11. The second kappa shape index (κ2) is 6.00. The minimum atomic E-state index is 0.315. The molecule has 0 aliphatic rings. The molecule has 2 N–H and O–H groups in total. The van der Waals surface area contributed by atoms with E-state index in [2.05, 4.69) is 30.7 Å². The Bertz CT molecular complexity index is 135. The molecule has 0 saturated carbocycles. The number of nitrogens with two attached hydrogens (primary N) is 1. The molecule has 1 atom stereocenters. The Hall–Kier alpha value is -0.570. The first kappa shape index (κ1) is 11.4. The second-order valence-electron chi connectivity index (χ2n) is 3.11. The van der Waals surface area contributed by atoms with Crippen molar-refractivity contribution in [2.75, 3.05) is 19.6 Å². The molecular formula is C9H21N3. The van der Waals surface area contributed by atoms with Crippen LogP contribution < -0.4 is 5.73 Å². The highest BCUT2D eigenvalue weighted by Gasteiger charge is 2.04. The molecule has 0 aliphatic heterocycles. The fraction of sp³-hybridized carbons (Fsp3) is 0.889. The van der Waals surface area contributed by atoms with Crippen molar-refractivity contribution in [1.82, 2.24) is 4.90 Å². The van der Waals surface area contributed by atoms with E-state index in [-0.39, 0.29) is 0 Å². The van der Waals surface area contributed by atoms with Gasteiger partial charge in [0.1, 0.15) is 0 Å². The van der Waals surface area contributed by atoms with Crippen LogP contribution in [0.5, 0.6) is 0 Å². The Kier molecular flexibility index (Phi) is 5.72. The zero-order valence-electron chi connectivity index (χ0n) is 8.67. The highest BCUT2D eigenvalue weighted by atomic mass is 15.1. The quantitative estimate of drug-likeness (QED) is 0.497. The van der Waals surface area contributed by atoms with Gasteiger partial charge in [0.25, 0.3) is 0 Å². The van der Waals surface area contributed by atoms with Crippen molar-refractivity contribution in [2.45, 2.75) is 33.7 Å². The first-order valence-electron chi connectivity index (χ1n) is 4.62. The summed E-state index contributed by atoms with van der Waals surface area (Å²) in [7, 11) is 0. The van der Waals surface area contributed by atoms with Gasteiger partial charge in [0, 0.05) is 6.54 Å². The maximum absolute atomic E-state index is 5.48. The van der Waals surface area contributed by atoms with Gasteiger partial charge < -0.3 is 10.6 Å². The smallest absolute Gasteiger partial charge is 0.0909 e. The Morgan fingerprint density at radius 3 is 2.25 bits per heavy atom. The fourth-order valence-corrected chi connectivity index (χ4v) is 1.24. The number of hydrogen-bond acceptors (Lipinski definition) is 2. The van der Waals surface area contributed by atoms with Gasteiger partial charge in [-0.1, -0.05) is 13.8 Å². The van der Waals surface area contributed by atoms with Crippen LogP contribution in [-0.2, 0) is 0 Å². The van der Waals surface area contributed by atoms with Crippen molar-refractivity contribution in [3.05, 3.63) is 0 Å². The third-order valence-corrected chi connectivity index (χ3v) is 1.84. The number of hydrogen-bond donors (Lipinski definition) is 1. The minimum Gasteiger partial charge on any atom is -0.388 e. The average molecular weight is 171 g/mol. The number of likely N-dealkylation sites (N-methyl/N-ethyl adjacent to an activating group) is 1. The molecule has 12 heavy (non-hydrogen) atoms. The minimum absolute atomic E-state index is 0.315. The predicted octanol–water partition coefficient (Wildman–Crippen LogP) is 1.09. The molecule has 1 unspecified atom stereocenters. The summed E-state index contributed by atoms with van der Waals surface area (Å²) in [6, 6.07) is 0.315. The molecule has 0 fully saturated rings.